The molecule has 1 heteroatoms. The van der Waals surface area contributed by atoms with E-state index in [1.165, 1.54) is 31.2 Å². The highest BCUT2D eigenvalue weighted by Crippen LogP contribution is 2.43. The lowest BCUT2D eigenvalue weighted by Crippen LogP contribution is -2.21. The molecule has 0 aromatic heterocycles. The molecule has 1 nitrogen and oxygen atoms in total. The van der Waals surface area contributed by atoms with Crippen LogP contribution in [-0.4, -0.2) is 5.78 Å². The van der Waals surface area contributed by atoms with E-state index in [9.17, 15) is 4.79 Å². The van der Waals surface area contributed by atoms with Gasteiger partial charge in [-0.1, -0.05) is 44.5 Å². The Labute approximate surface area is 111 Å². The number of hydrogen-bond acceptors (Lipinski definition) is 1. The topological polar surface area (TPSA) is 17.1 Å². The molecule has 1 aliphatic carbocycles. The number of Topliss-reactive ketones (excluding diaryl/α,β-unsaturated/α-hetero) is 1. The summed E-state index contributed by atoms with van der Waals surface area (Å²) < 4.78 is 0. The fourth-order valence-corrected chi connectivity index (χ4v) is 3.18. The molecule has 0 amide bonds. The molecule has 1 fully saturated rings. The minimum Gasteiger partial charge on any atom is -0.300 e. The number of benzene rings is 1. The minimum atomic E-state index is 0.238. The number of hydrogen-bond donors (Lipinski definition) is 0. The molecule has 0 bridgehead atoms. The highest BCUT2D eigenvalue weighted by Gasteiger charge is 2.28. The van der Waals surface area contributed by atoms with Crippen LogP contribution >= 0.6 is 0 Å². The van der Waals surface area contributed by atoms with Gasteiger partial charge in [0.1, 0.15) is 5.78 Å². The molecule has 1 atom stereocenters. The van der Waals surface area contributed by atoms with Crippen LogP contribution in [0.1, 0.15) is 63.5 Å². The Balaban J connectivity index is 2.07. The Morgan fingerprint density at radius 2 is 1.94 bits per heavy atom. The molecule has 0 saturated heterocycles. The molecule has 1 unspecified atom stereocenters. The molecule has 98 valence electrons. The summed E-state index contributed by atoms with van der Waals surface area (Å²) in [4.78, 5) is 11.1. The maximum atomic E-state index is 11.1. The molecular formula is C17H24O. The first-order chi connectivity index (χ1) is 8.46. The summed E-state index contributed by atoms with van der Waals surface area (Å²) in [5.74, 6) is 0.946. The lowest BCUT2D eigenvalue weighted by molar-refractivity contribution is -0.116. The van der Waals surface area contributed by atoms with Crippen LogP contribution in [0.5, 0.6) is 0 Å². The van der Waals surface area contributed by atoms with E-state index >= 15 is 0 Å². The molecule has 0 heterocycles. The summed E-state index contributed by atoms with van der Waals surface area (Å²) in [5.41, 5.74) is 3.08. The van der Waals surface area contributed by atoms with Gasteiger partial charge in [-0.2, -0.15) is 0 Å². The third-order valence-corrected chi connectivity index (χ3v) is 4.11. The van der Waals surface area contributed by atoms with E-state index in [1.54, 1.807) is 6.92 Å². The van der Waals surface area contributed by atoms with Crippen molar-refractivity contribution in [1.82, 2.24) is 0 Å². The van der Waals surface area contributed by atoms with Crippen LogP contribution in [0.25, 0.3) is 0 Å². The first kappa shape index (κ1) is 13.3. The van der Waals surface area contributed by atoms with Gasteiger partial charge < -0.3 is 0 Å². The van der Waals surface area contributed by atoms with Crippen LogP contribution in [0.15, 0.2) is 24.3 Å². The fraction of sp³-hybridized carbons (Fsp3) is 0.588. The average Bonchev–Trinajstić information content (AvgIpc) is 2.28. The van der Waals surface area contributed by atoms with Crippen LogP contribution < -0.4 is 0 Å². The van der Waals surface area contributed by atoms with Crippen molar-refractivity contribution in [2.24, 2.45) is 5.41 Å². The van der Waals surface area contributed by atoms with Crippen LogP contribution in [0, 0.1) is 5.41 Å². The van der Waals surface area contributed by atoms with E-state index in [0.717, 1.165) is 5.56 Å². The van der Waals surface area contributed by atoms with Crippen LogP contribution in [-0.2, 0) is 11.2 Å². The Bertz CT molecular complexity index is 414. The van der Waals surface area contributed by atoms with Crippen molar-refractivity contribution in [3.8, 4) is 0 Å². The number of ketones is 1. The highest BCUT2D eigenvalue weighted by atomic mass is 16.1. The van der Waals surface area contributed by atoms with E-state index in [0.29, 0.717) is 17.8 Å². The van der Waals surface area contributed by atoms with Crippen molar-refractivity contribution in [1.29, 1.82) is 0 Å². The van der Waals surface area contributed by atoms with Gasteiger partial charge in [0.2, 0.25) is 0 Å². The highest BCUT2D eigenvalue weighted by molar-refractivity contribution is 5.78. The molecular weight excluding hydrogens is 220 g/mol. The van der Waals surface area contributed by atoms with Gasteiger partial charge in [0.15, 0.2) is 0 Å². The maximum Gasteiger partial charge on any atom is 0.134 e. The van der Waals surface area contributed by atoms with Crippen LogP contribution in [0.3, 0.4) is 0 Å². The van der Waals surface area contributed by atoms with Gasteiger partial charge in [-0.05, 0) is 48.6 Å². The fourth-order valence-electron chi connectivity index (χ4n) is 3.18. The van der Waals surface area contributed by atoms with E-state index in [1.807, 2.05) is 0 Å². The third kappa shape index (κ3) is 3.44. The second kappa shape index (κ2) is 5.26. The smallest absolute Gasteiger partial charge is 0.134 e. The van der Waals surface area contributed by atoms with Gasteiger partial charge in [0.05, 0.1) is 0 Å². The average molecular weight is 244 g/mol. The van der Waals surface area contributed by atoms with Crippen molar-refractivity contribution in [2.75, 3.05) is 0 Å². The first-order valence-electron chi connectivity index (χ1n) is 7.04. The quantitative estimate of drug-likeness (QED) is 0.765. The van der Waals surface area contributed by atoms with E-state index in [-0.39, 0.29) is 5.78 Å². The zero-order chi connectivity index (χ0) is 13.2. The van der Waals surface area contributed by atoms with Gasteiger partial charge in [0, 0.05) is 6.42 Å². The Hall–Kier alpha value is -1.11. The predicted octanol–water partition coefficient (Wildman–Crippen LogP) is 4.50. The number of rotatable bonds is 3. The Morgan fingerprint density at radius 1 is 1.28 bits per heavy atom. The molecule has 0 aliphatic heterocycles. The van der Waals surface area contributed by atoms with Gasteiger partial charge in [0.25, 0.3) is 0 Å². The summed E-state index contributed by atoms with van der Waals surface area (Å²) in [5, 5.41) is 0. The molecule has 0 N–H and O–H groups in total. The van der Waals surface area contributed by atoms with Gasteiger partial charge in [-0.15, -0.1) is 0 Å². The van der Waals surface area contributed by atoms with E-state index in [4.69, 9.17) is 0 Å². The molecule has 2 rings (SSSR count). The summed E-state index contributed by atoms with van der Waals surface area (Å²) in [6.07, 6.45) is 5.86. The molecule has 0 spiro atoms. The summed E-state index contributed by atoms with van der Waals surface area (Å²) >= 11 is 0. The van der Waals surface area contributed by atoms with Crippen molar-refractivity contribution in [3.63, 3.8) is 0 Å². The van der Waals surface area contributed by atoms with Crippen molar-refractivity contribution in [2.45, 2.75) is 58.8 Å². The van der Waals surface area contributed by atoms with Crippen molar-refractivity contribution in [3.05, 3.63) is 35.4 Å². The summed E-state index contributed by atoms with van der Waals surface area (Å²) in [6.45, 7) is 6.41. The molecule has 1 aromatic carbocycles. The zero-order valence-corrected chi connectivity index (χ0v) is 11.8. The standard InChI is InChI=1S/C17H24O/c1-13(18)11-14-6-8-15(9-7-14)16-5-4-10-17(2,3)12-16/h6-9,16H,4-5,10-12H2,1-3H3. The SMILES string of the molecule is CC(=O)Cc1ccc(C2CCCC(C)(C)C2)cc1. The second-order valence-corrected chi connectivity index (χ2v) is 6.58. The molecule has 1 saturated carbocycles. The maximum absolute atomic E-state index is 11.1. The number of carbonyl (C=O) groups excluding carboxylic acids is 1. The minimum absolute atomic E-state index is 0.238. The Kier molecular flexibility index (Phi) is 3.89. The number of carbonyl (C=O) groups is 1. The molecule has 0 radical (unpaired) electrons. The van der Waals surface area contributed by atoms with Crippen molar-refractivity contribution < 1.29 is 4.79 Å². The van der Waals surface area contributed by atoms with Gasteiger partial charge in [-0.25, -0.2) is 0 Å². The molecule has 18 heavy (non-hydrogen) atoms. The van der Waals surface area contributed by atoms with E-state index < -0.39 is 0 Å². The largest absolute Gasteiger partial charge is 0.300 e. The van der Waals surface area contributed by atoms with Gasteiger partial charge >= 0.3 is 0 Å². The molecule has 1 aromatic rings. The first-order valence-corrected chi connectivity index (χ1v) is 7.04. The lowest BCUT2D eigenvalue weighted by atomic mass is 9.70. The van der Waals surface area contributed by atoms with Gasteiger partial charge in [-0.3, -0.25) is 4.79 Å². The predicted molar refractivity (Wildman–Crippen MR) is 75.8 cm³/mol. The third-order valence-electron chi connectivity index (χ3n) is 4.11. The Morgan fingerprint density at radius 3 is 2.50 bits per heavy atom. The second-order valence-electron chi connectivity index (χ2n) is 6.58. The van der Waals surface area contributed by atoms with E-state index in [2.05, 4.69) is 38.1 Å². The summed E-state index contributed by atoms with van der Waals surface area (Å²) in [7, 11) is 0. The summed E-state index contributed by atoms with van der Waals surface area (Å²) in [6, 6.07) is 8.70. The van der Waals surface area contributed by atoms with Crippen molar-refractivity contribution >= 4 is 5.78 Å². The van der Waals surface area contributed by atoms with Crippen LogP contribution in [0.4, 0.5) is 0 Å². The zero-order valence-electron chi connectivity index (χ0n) is 11.8. The lowest BCUT2D eigenvalue weighted by Gasteiger charge is -2.35. The normalized spacial score (nSPS) is 22.7. The van der Waals surface area contributed by atoms with Crippen LogP contribution in [0.2, 0.25) is 0 Å². The molecule has 1 aliphatic rings. The monoisotopic (exact) mass is 244 g/mol.